The summed E-state index contributed by atoms with van der Waals surface area (Å²) >= 11 is 0. The third-order valence-corrected chi connectivity index (χ3v) is 9.50. The van der Waals surface area contributed by atoms with Gasteiger partial charge in [0.15, 0.2) is 5.60 Å². The molecule has 0 saturated carbocycles. The molecule has 0 aromatic heterocycles. The van der Waals surface area contributed by atoms with E-state index in [9.17, 15) is 9.59 Å². The molecule has 5 nitrogen and oxygen atoms in total. The lowest BCUT2D eigenvalue weighted by molar-refractivity contribution is -0.133. The minimum absolute atomic E-state index is 0.0812. The van der Waals surface area contributed by atoms with Crippen molar-refractivity contribution in [2.45, 2.75) is 87.2 Å². The molecule has 0 fully saturated rings. The molecular formula is C39H58N2O3P+. The first-order chi connectivity index (χ1) is 21.6. The third kappa shape index (κ3) is 15.2. The van der Waals surface area contributed by atoms with Gasteiger partial charge >= 0.3 is 0 Å². The number of carbonyl (C=O) groups is 2. The quantitative estimate of drug-likeness (QED) is 0.110. The number of aryl methyl sites for hydroxylation is 1. The normalized spacial score (nSPS) is 12.1. The molecule has 246 valence electrons. The fourth-order valence-electron chi connectivity index (χ4n) is 4.27. The summed E-state index contributed by atoms with van der Waals surface area (Å²) in [6, 6.07) is 15.2. The maximum atomic E-state index is 13.3. The molecule has 0 heterocycles. The Kier molecular flexibility index (Phi) is 21.7. The van der Waals surface area contributed by atoms with Crippen LogP contribution in [0.4, 0.5) is 0 Å². The lowest BCUT2D eigenvalue weighted by atomic mass is 10.1. The Morgan fingerprint density at radius 3 is 2.09 bits per heavy atom. The molecular weight excluding hydrogens is 575 g/mol. The number of allylic oxidation sites excluding steroid dienone is 8. The Bertz CT molecular complexity index is 1260. The van der Waals surface area contributed by atoms with Crippen LogP contribution in [0.15, 0.2) is 109 Å². The summed E-state index contributed by atoms with van der Waals surface area (Å²) in [7, 11) is -1.24. The average molecular weight is 634 g/mol. The van der Waals surface area contributed by atoms with Crippen molar-refractivity contribution in [3.63, 3.8) is 0 Å². The number of benzene rings is 2. The molecule has 0 bridgehead atoms. The van der Waals surface area contributed by atoms with E-state index in [0.29, 0.717) is 30.6 Å². The van der Waals surface area contributed by atoms with Gasteiger partial charge in [-0.1, -0.05) is 82.3 Å². The summed E-state index contributed by atoms with van der Waals surface area (Å²) in [5, 5.41) is 8.65. The summed E-state index contributed by atoms with van der Waals surface area (Å²) in [4.78, 5) is 25.6. The molecule has 45 heavy (non-hydrogen) atoms. The van der Waals surface area contributed by atoms with Crippen molar-refractivity contribution >= 4 is 19.7 Å². The summed E-state index contributed by atoms with van der Waals surface area (Å²) in [6.45, 7) is 25.9. The van der Waals surface area contributed by atoms with E-state index in [4.69, 9.17) is 4.74 Å². The van der Waals surface area contributed by atoms with Crippen LogP contribution in [0.3, 0.4) is 0 Å². The highest BCUT2D eigenvalue weighted by Gasteiger charge is 2.33. The van der Waals surface area contributed by atoms with Gasteiger partial charge < -0.3 is 15.4 Å². The third-order valence-electron chi connectivity index (χ3n) is 6.63. The smallest absolute Gasteiger partial charge is 0.266 e. The largest absolute Gasteiger partial charge is 0.478 e. The highest BCUT2D eigenvalue weighted by atomic mass is 31.1. The van der Waals surface area contributed by atoms with Crippen LogP contribution >= 0.6 is 7.92 Å². The Morgan fingerprint density at radius 2 is 1.56 bits per heavy atom. The number of hydrogen-bond donors (Lipinski definition) is 2. The van der Waals surface area contributed by atoms with Crippen molar-refractivity contribution in [3.05, 3.63) is 125 Å². The van der Waals surface area contributed by atoms with Gasteiger partial charge in [-0.25, -0.2) is 0 Å². The number of nitrogens with one attached hydrogen (secondary N) is 2. The first kappa shape index (κ1) is 41.3. The Balaban J connectivity index is 0.00000464. The summed E-state index contributed by atoms with van der Waals surface area (Å²) in [6.07, 6.45) is 15.1. The number of rotatable bonds is 16. The lowest BCUT2D eigenvalue weighted by Crippen LogP contribution is -2.46. The molecule has 1 atom stereocenters. The molecule has 2 amide bonds. The second kappa shape index (κ2) is 23.7. The first-order valence-corrected chi connectivity index (χ1v) is 17.8. The van der Waals surface area contributed by atoms with E-state index < -0.39 is 13.5 Å². The van der Waals surface area contributed by atoms with E-state index in [1.54, 1.807) is 19.9 Å². The zero-order valence-electron chi connectivity index (χ0n) is 29.3. The molecule has 0 saturated heterocycles. The van der Waals surface area contributed by atoms with E-state index in [-0.39, 0.29) is 11.8 Å². The highest BCUT2D eigenvalue weighted by molar-refractivity contribution is 7.66. The average Bonchev–Trinajstić information content (AvgIpc) is 3.05. The van der Waals surface area contributed by atoms with Crippen molar-refractivity contribution in [1.29, 1.82) is 0 Å². The van der Waals surface area contributed by atoms with E-state index in [2.05, 4.69) is 42.9 Å². The maximum absolute atomic E-state index is 13.3. The topological polar surface area (TPSA) is 67.4 Å². The van der Waals surface area contributed by atoms with Gasteiger partial charge in [0.2, 0.25) is 0 Å². The second-order valence-corrected chi connectivity index (χ2v) is 12.8. The van der Waals surface area contributed by atoms with Crippen LogP contribution in [0.2, 0.25) is 0 Å². The Labute approximate surface area is 275 Å². The number of hydrogen-bond acceptors (Lipinski definition) is 3. The molecule has 1 unspecified atom stereocenters. The Morgan fingerprint density at radius 1 is 0.933 bits per heavy atom. The molecule has 0 spiro atoms. The zero-order chi connectivity index (χ0) is 34.3. The Hall–Kier alpha value is -3.69. The molecule has 2 N–H and O–H groups in total. The van der Waals surface area contributed by atoms with Crippen LogP contribution in [0.25, 0.3) is 0 Å². The molecule has 0 aliphatic rings. The lowest BCUT2D eigenvalue weighted by Gasteiger charge is -2.26. The van der Waals surface area contributed by atoms with Gasteiger partial charge in [-0.15, -0.1) is 6.58 Å². The molecule has 2 rings (SSSR count). The standard InChI is InChI=1S/C35H45N2O3P.2C2H6/c1-8-12-15-31(11-4)41(32(13-9-2)14-10-3)26-37-34(39)35(6,7)40-30-22-18-28(19-23-30)24-25-36-33(38)29-20-16-27(5)17-21-29;2*1-2/h8-11,13-14,16-23H,1-2,12,15,24-26H2,3-7H3,(H,36,38)(H,37,39);2*1-2H3/p+1/b14-10-,31-11+,32-13+;;. The zero-order valence-corrected chi connectivity index (χ0v) is 30.3. The predicted molar refractivity (Wildman–Crippen MR) is 199 cm³/mol. The minimum atomic E-state index is -1.24. The number of carbonyl (C=O) groups excluding carboxylic acids is 2. The van der Waals surface area contributed by atoms with Crippen molar-refractivity contribution in [1.82, 2.24) is 10.6 Å². The van der Waals surface area contributed by atoms with Gasteiger partial charge in [-0.2, -0.15) is 0 Å². The van der Waals surface area contributed by atoms with Crippen LogP contribution in [0.1, 0.15) is 89.7 Å². The predicted octanol–water partition coefficient (Wildman–Crippen LogP) is 9.98. The van der Waals surface area contributed by atoms with Crippen LogP contribution in [-0.4, -0.2) is 30.2 Å². The molecule has 2 aromatic rings. The van der Waals surface area contributed by atoms with Crippen molar-refractivity contribution in [3.8, 4) is 5.75 Å². The van der Waals surface area contributed by atoms with E-state index in [0.717, 1.165) is 24.0 Å². The van der Waals surface area contributed by atoms with Crippen molar-refractivity contribution in [2.75, 3.05) is 12.8 Å². The van der Waals surface area contributed by atoms with Gasteiger partial charge in [-0.05, 0) is 95.5 Å². The summed E-state index contributed by atoms with van der Waals surface area (Å²) < 4.78 is 6.13. The second-order valence-electron chi connectivity index (χ2n) is 10.3. The van der Waals surface area contributed by atoms with Crippen LogP contribution < -0.4 is 15.4 Å². The van der Waals surface area contributed by atoms with Crippen LogP contribution in [0, 0.1) is 6.92 Å². The molecule has 0 aliphatic heterocycles. The van der Waals surface area contributed by atoms with Gasteiger partial charge in [0.05, 0.1) is 18.5 Å². The van der Waals surface area contributed by atoms with Gasteiger partial charge in [0, 0.05) is 18.5 Å². The molecule has 0 radical (unpaired) electrons. The monoisotopic (exact) mass is 633 g/mol. The van der Waals surface area contributed by atoms with E-state index in [1.165, 1.54) is 10.6 Å². The van der Waals surface area contributed by atoms with E-state index in [1.807, 2.05) is 108 Å². The van der Waals surface area contributed by atoms with Crippen LogP contribution in [-0.2, 0) is 11.2 Å². The fourth-order valence-corrected chi connectivity index (χ4v) is 6.89. The van der Waals surface area contributed by atoms with Gasteiger partial charge in [-0.3, -0.25) is 9.59 Å². The molecule has 2 aromatic carbocycles. The fraction of sp³-hybridized carbons (Fsp3) is 0.385. The summed E-state index contributed by atoms with van der Waals surface area (Å²) in [5.74, 6) is 0.368. The van der Waals surface area contributed by atoms with Crippen molar-refractivity contribution in [2.24, 2.45) is 0 Å². The number of ether oxygens (including phenoxy) is 1. The highest BCUT2D eigenvalue weighted by Crippen LogP contribution is 2.54. The SMILES string of the molecule is C=C/C=C(\C=C/C)[PH+](CNC(=O)C(C)(C)Oc1ccc(CCNC(=O)c2ccc(C)cc2)cc1)/C(=C/C)CCC=C.CC.CC. The molecule has 6 heteroatoms. The van der Waals surface area contributed by atoms with Gasteiger partial charge in [0.1, 0.15) is 12.0 Å². The van der Waals surface area contributed by atoms with Crippen molar-refractivity contribution < 1.29 is 14.3 Å². The maximum Gasteiger partial charge on any atom is 0.266 e. The van der Waals surface area contributed by atoms with E-state index >= 15 is 0 Å². The van der Waals surface area contributed by atoms with Gasteiger partial charge in [0.25, 0.3) is 11.8 Å². The number of amides is 2. The minimum Gasteiger partial charge on any atom is -0.478 e. The molecule has 0 aliphatic carbocycles. The van der Waals surface area contributed by atoms with Crippen LogP contribution in [0.5, 0.6) is 5.75 Å². The first-order valence-electron chi connectivity index (χ1n) is 16.1. The summed E-state index contributed by atoms with van der Waals surface area (Å²) in [5.41, 5.74) is 1.79.